The van der Waals surface area contributed by atoms with Gasteiger partial charge in [-0.1, -0.05) is 18.2 Å². The van der Waals surface area contributed by atoms with E-state index in [9.17, 15) is 4.79 Å². The molecule has 0 spiro atoms. The fraction of sp³-hybridized carbons (Fsp3) is 0. The predicted octanol–water partition coefficient (Wildman–Crippen LogP) is 4.12. The highest BCUT2D eigenvalue weighted by Crippen LogP contribution is 2.23. The van der Waals surface area contributed by atoms with Crippen LogP contribution in [0.5, 0.6) is 0 Å². The van der Waals surface area contributed by atoms with Crippen molar-refractivity contribution in [1.29, 1.82) is 0 Å². The average Bonchev–Trinajstić information content (AvgIpc) is 2.77. The molecule has 0 aliphatic heterocycles. The fourth-order valence-corrected chi connectivity index (χ4v) is 2.79. The molecule has 0 saturated carbocycles. The third-order valence-electron chi connectivity index (χ3n) is 4.24. The highest BCUT2D eigenvalue weighted by Gasteiger charge is 2.09. The molecule has 0 fully saturated rings. The van der Waals surface area contributed by atoms with Crippen molar-refractivity contribution in [3.05, 3.63) is 90.8 Å². The number of nitrogens with zero attached hydrogens (tertiary/aromatic N) is 3. The van der Waals surface area contributed by atoms with Gasteiger partial charge in [0.1, 0.15) is 0 Å². The van der Waals surface area contributed by atoms with Gasteiger partial charge >= 0.3 is 0 Å². The van der Waals surface area contributed by atoms with Crippen LogP contribution in [0.4, 0.5) is 22.9 Å². The van der Waals surface area contributed by atoms with Gasteiger partial charge in [-0.2, -0.15) is 10.2 Å². The van der Waals surface area contributed by atoms with Gasteiger partial charge in [-0.25, -0.2) is 4.98 Å². The first-order chi connectivity index (χ1) is 14.2. The minimum atomic E-state index is -0.281. The van der Waals surface area contributed by atoms with Crippen LogP contribution in [0.1, 0.15) is 10.4 Å². The van der Waals surface area contributed by atoms with Crippen molar-refractivity contribution in [1.82, 2.24) is 15.2 Å². The zero-order chi connectivity index (χ0) is 20.1. The molecule has 2 aromatic heterocycles. The standard InChI is InChI=1S/C22H18N6O/c23-19-6-2-12-24-21(19)27-22(29)16-4-1-5-18(14-16)26-17-10-8-15(9-11-17)20-7-3-13-25-28-20/h1-14,26H,23H2,(H,24,27,29). The Balaban J connectivity index is 1.47. The number of nitrogens with one attached hydrogen (secondary N) is 2. The van der Waals surface area contributed by atoms with Gasteiger partial charge in [0.2, 0.25) is 0 Å². The van der Waals surface area contributed by atoms with E-state index in [1.807, 2.05) is 48.5 Å². The van der Waals surface area contributed by atoms with Gasteiger partial charge in [-0.15, -0.1) is 0 Å². The van der Waals surface area contributed by atoms with E-state index in [4.69, 9.17) is 5.73 Å². The van der Waals surface area contributed by atoms with Gasteiger partial charge in [0, 0.05) is 34.9 Å². The Morgan fingerprint density at radius 1 is 0.862 bits per heavy atom. The zero-order valence-electron chi connectivity index (χ0n) is 15.4. The number of nitrogens with two attached hydrogens (primary N) is 1. The Kier molecular flexibility index (Phi) is 5.11. The number of hydrogen-bond donors (Lipinski definition) is 3. The summed E-state index contributed by atoms with van der Waals surface area (Å²) in [5.41, 5.74) is 10.2. The Bertz CT molecular complexity index is 1130. The normalized spacial score (nSPS) is 10.3. The van der Waals surface area contributed by atoms with Gasteiger partial charge in [0.25, 0.3) is 5.91 Å². The van der Waals surface area contributed by atoms with Gasteiger partial charge in [-0.05, 0) is 54.6 Å². The lowest BCUT2D eigenvalue weighted by molar-refractivity contribution is 0.102. The number of benzene rings is 2. The minimum Gasteiger partial charge on any atom is -0.396 e. The first-order valence-electron chi connectivity index (χ1n) is 8.96. The molecular formula is C22H18N6O. The summed E-state index contributed by atoms with van der Waals surface area (Å²) in [6.07, 6.45) is 3.22. The van der Waals surface area contributed by atoms with Crippen molar-refractivity contribution >= 4 is 28.8 Å². The van der Waals surface area contributed by atoms with Gasteiger partial charge in [-0.3, -0.25) is 4.79 Å². The summed E-state index contributed by atoms with van der Waals surface area (Å²) in [7, 11) is 0. The van der Waals surface area contributed by atoms with Crippen molar-refractivity contribution in [2.24, 2.45) is 0 Å². The summed E-state index contributed by atoms with van der Waals surface area (Å²) in [5, 5.41) is 14.0. The van der Waals surface area contributed by atoms with Crippen molar-refractivity contribution in [3.8, 4) is 11.3 Å². The second kappa shape index (κ2) is 8.18. The number of aromatic nitrogens is 3. The van der Waals surface area contributed by atoms with E-state index in [2.05, 4.69) is 25.8 Å². The summed E-state index contributed by atoms with van der Waals surface area (Å²) in [6, 6.07) is 22.2. The monoisotopic (exact) mass is 382 g/mol. The zero-order valence-corrected chi connectivity index (χ0v) is 15.4. The molecule has 0 aliphatic carbocycles. The van der Waals surface area contributed by atoms with Gasteiger partial charge < -0.3 is 16.4 Å². The maximum atomic E-state index is 12.5. The summed E-state index contributed by atoms with van der Waals surface area (Å²) in [6.45, 7) is 0. The second-order valence-electron chi connectivity index (χ2n) is 6.29. The van der Waals surface area contributed by atoms with Gasteiger partial charge in [0.15, 0.2) is 5.82 Å². The molecule has 142 valence electrons. The van der Waals surface area contributed by atoms with E-state index in [1.54, 1.807) is 36.7 Å². The van der Waals surface area contributed by atoms with Crippen molar-refractivity contribution in [3.63, 3.8) is 0 Å². The number of rotatable bonds is 5. The SMILES string of the molecule is Nc1cccnc1NC(=O)c1cccc(Nc2ccc(-c3cccnn3)cc2)c1. The molecule has 2 aromatic carbocycles. The number of hydrogen-bond acceptors (Lipinski definition) is 6. The molecular weight excluding hydrogens is 364 g/mol. The van der Waals surface area contributed by atoms with E-state index in [-0.39, 0.29) is 5.91 Å². The van der Waals surface area contributed by atoms with E-state index in [1.165, 1.54) is 0 Å². The first kappa shape index (κ1) is 18.1. The van der Waals surface area contributed by atoms with Crippen LogP contribution in [0.3, 0.4) is 0 Å². The molecule has 4 rings (SSSR count). The fourth-order valence-electron chi connectivity index (χ4n) is 2.79. The summed E-state index contributed by atoms with van der Waals surface area (Å²) in [4.78, 5) is 16.6. The molecule has 29 heavy (non-hydrogen) atoms. The Hall–Kier alpha value is -4.26. The molecule has 4 aromatic rings. The number of carbonyl (C=O) groups excluding carboxylic acids is 1. The van der Waals surface area contributed by atoms with Crippen LogP contribution in [-0.4, -0.2) is 21.1 Å². The minimum absolute atomic E-state index is 0.281. The largest absolute Gasteiger partial charge is 0.396 e. The van der Waals surface area contributed by atoms with Crippen molar-refractivity contribution in [2.45, 2.75) is 0 Å². The van der Waals surface area contributed by atoms with Crippen molar-refractivity contribution < 1.29 is 4.79 Å². The van der Waals surface area contributed by atoms with Crippen molar-refractivity contribution in [2.75, 3.05) is 16.4 Å². The molecule has 0 saturated heterocycles. The first-order valence-corrected chi connectivity index (χ1v) is 8.96. The highest BCUT2D eigenvalue weighted by molar-refractivity contribution is 6.05. The number of nitrogen functional groups attached to an aromatic ring is 1. The van der Waals surface area contributed by atoms with Crippen LogP contribution >= 0.6 is 0 Å². The summed E-state index contributed by atoms with van der Waals surface area (Å²) in [5.74, 6) is 0.0625. The summed E-state index contributed by atoms with van der Waals surface area (Å²) >= 11 is 0. The molecule has 0 bridgehead atoms. The molecule has 2 heterocycles. The molecule has 1 amide bonds. The molecule has 0 atom stereocenters. The van der Waals surface area contributed by atoms with Crippen LogP contribution in [0.25, 0.3) is 11.3 Å². The summed E-state index contributed by atoms with van der Waals surface area (Å²) < 4.78 is 0. The maximum absolute atomic E-state index is 12.5. The number of anilines is 4. The quantitative estimate of drug-likeness (QED) is 0.479. The van der Waals surface area contributed by atoms with Crippen LogP contribution in [-0.2, 0) is 0 Å². The molecule has 0 unspecified atom stereocenters. The predicted molar refractivity (Wildman–Crippen MR) is 114 cm³/mol. The Labute approximate surface area is 167 Å². The number of amides is 1. The molecule has 7 nitrogen and oxygen atoms in total. The smallest absolute Gasteiger partial charge is 0.256 e. The molecule has 4 N–H and O–H groups in total. The van der Waals surface area contributed by atoms with Crippen LogP contribution in [0.15, 0.2) is 85.2 Å². The van der Waals surface area contributed by atoms with E-state index in [0.717, 1.165) is 22.6 Å². The lowest BCUT2D eigenvalue weighted by Crippen LogP contribution is -2.14. The van der Waals surface area contributed by atoms with E-state index < -0.39 is 0 Å². The lowest BCUT2D eigenvalue weighted by Gasteiger charge is -2.10. The Morgan fingerprint density at radius 3 is 2.45 bits per heavy atom. The topological polar surface area (TPSA) is 106 Å². The molecule has 0 aliphatic rings. The van der Waals surface area contributed by atoms with E-state index in [0.29, 0.717) is 17.1 Å². The molecule has 7 heteroatoms. The lowest BCUT2D eigenvalue weighted by atomic mass is 10.1. The van der Waals surface area contributed by atoms with Crippen LogP contribution < -0.4 is 16.4 Å². The third kappa shape index (κ3) is 4.36. The van der Waals surface area contributed by atoms with E-state index >= 15 is 0 Å². The number of pyridine rings is 1. The average molecular weight is 382 g/mol. The highest BCUT2D eigenvalue weighted by atomic mass is 16.1. The maximum Gasteiger partial charge on any atom is 0.256 e. The van der Waals surface area contributed by atoms with Crippen LogP contribution in [0, 0.1) is 0 Å². The number of carbonyl (C=O) groups is 1. The van der Waals surface area contributed by atoms with Crippen LogP contribution in [0.2, 0.25) is 0 Å². The third-order valence-corrected chi connectivity index (χ3v) is 4.24. The molecule has 0 radical (unpaired) electrons. The second-order valence-corrected chi connectivity index (χ2v) is 6.29. The van der Waals surface area contributed by atoms with Gasteiger partial charge in [0.05, 0.1) is 11.4 Å². The Morgan fingerprint density at radius 2 is 1.69 bits per heavy atom.